The molecule has 0 aliphatic rings. The molecule has 0 radical (unpaired) electrons. The number of allylic oxidation sites excluding steroid dienone is 2. The summed E-state index contributed by atoms with van der Waals surface area (Å²) < 4.78 is 33.1. The lowest BCUT2D eigenvalue weighted by Crippen LogP contribution is -2.34. The van der Waals surface area contributed by atoms with Gasteiger partial charge in [0.1, 0.15) is 12.1 Å². The predicted octanol–water partition coefficient (Wildman–Crippen LogP) is 9.81. The standard InChI is InChI=1S/C37H72NO9P/c1-3-5-7-9-11-13-14-15-16-17-18-19-20-21-22-23-25-27-29-36(39)47-34(31-44-30-28-26-24-12-10-8-6-4-2)32-45-48(42,43)46-33-35(38)37(40)41/h16-17,34-35H,3-15,18-33,38H2,1-2H3,(H,40,41)(H,42,43)/b17-16-. The number of carbonyl (C=O) groups excluding carboxylic acids is 1. The molecule has 0 fully saturated rings. The van der Waals surface area contributed by atoms with E-state index in [-0.39, 0.29) is 13.0 Å². The van der Waals surface area contributed by atoms with Crippen molar-refractivity contribution in [1.82, 2.24) is 0 Å². The normalized spacial score (nSPS) is 14.2. The Bertz CT molecular complexity index is 827. The van der Waals surface area contributed by atoms with Crippen LogP contribution in [0.4, 0.5) is 0 Å². The maximum Gasteiger partial charge on any atom is 0.472 e. The average molecular weight is 706 g/mol. The van der Waals surface area contributed by atoms with Crippen molar-refractivity contribution in [2.24, 2.45) is 5.73 Å². The van der Waals surface area contributed by atoms with Crippen LogP contribution in [0.5, 0.6) is 0 Å². The number of unbranched alkanes of at least 4 members (excludes halogenated alkanes) is 21. The topological polar surface area (TPSA) is 155 Å². The molecule has 0 aromatic rings. The van der Waals surface area contributed by atoms with E-state index in [4.69, 9.17) is 24.8 Å². The number of phosphoric ester groups is 1. The van der Waals surface area contributed by atoms with Crippen LogP contribution in [-0.4, -0.2) is 60.5 Å². The van der Waals surface area contributed by atoms with Gasteiger partial charge >= 0.3 is 19.8 Å². The minimum absolute atomic E-state index is 0.0190. The van der Waals surface area contributed by atoms with Gasteiger partial charge in [-0.3, -0.25) is 18.6 Å². The number of esters is 1. The molecule has 0 spiro atoms. The van der Waals surface area contributed by atoms with Gasteiger partial charge in [-0.25, -0.2) is 4.57 Å². The number of hydrogen-bond acceptors (Lipinski definition) is 8. The number of ether oxygens (including phenoxy) is 2. The van der Waals surface area contributed by atoms with E-state index < -0.39 is 45.1 Å². The minimum atomic E-state index is -4.60. The zero-order chi connectivity index (χ0) is 35.6. The SMILES string of the molecule is CCCCCCCCC/C=C\CCCCCCCCCC(=O)OC(COCCCCCCCCCC)COP(=O)(O)OCC(N)C(=O)O. The summed E-state index contributed by atoms with van der Waals surface area (Å²) >= 11 is 0. The second-order valence-corrected chi connectivity index (χ2v) is 14.5. The Morgan fingerprint density at radius 2 is 1.08 bits per heavy atom. The quantitative estimate of drug-likeness (QED) is 0.0246. The molecule has 0 heterocycles. The Labute approximate surface area is 292 Å². The third-order valence-electron chi connectivity index (χ3n) is 8.29. The summed E-state index contributed by atoms with van der Waals surface area (Å²) in [7, 11) is -4.60. The van der Waals surface area contributed by atoms with Crippen molar-refractivity contribution in [2.75, 3.05) is 26.4 Å². The second kappa shape index (κ2) is 34.2. The van der Waals surface area contributed by atoms with Crippen LogP contribution in [0.2, 0.25) is 0 Å². The summed E-state index contributed by atoms with van der Waals surface area (Å²) in [5.74, 6) is -1.78. The van der Waals surface area contributed by atoms with Crippen LogP contribution in [-0.2, 0) is 32.7 Å². The number of aliphatic carboxylic acids is 1. The highest BCUT2D eigenvalue weighted by Gasteiger charge is 2.27. The van der Waals surface area contributed by atoms with Crippen LogP contribution >= 0.6 is 7.82 Å². The highest BCUT2D eigenvalue weighted by Crippen LogP contribution is 2.43. The molecule has 0 bridgehead atoms. The highest BCUT2D eigenvalue weighted by molar-refractivity contribution is 7.47. The van der Waals surface area contributed by atoms with E-state index in [1.165, 1.54) is 103 Å². The summed E-state index contributed by atoms with van der Waals surface area (Å²) in [6, 6.07) is -1.47. The Balaban J connectivity index is 4.20. The summed E-state index contributed by atoms with van der Waals surface area (Å²) in [4.78, 5) is 33.3. The van der Waals surface area contributed by atoms with Crippen molar-refractivity contribution in [3.05, 3.63) is 12.2 Å². The molecule has 4 N–H and O–H groups in total. The van der Waals surface area contributed by atoms with E-state index in [2.05, 4.69) is 30.5 Å². The summed E-state index contributed by atoms with van der Waals surface area (Å²) in [5.41, 5.74) is 5.33. The molecule has 0 aromatic heterocycles. The number of phosphoric acid groups is 1. The van der Waals surface area contributed by atoms with Crippen LogP contribution in [0.25, 0.3) is 0 Å². The Kier molecular flexibility index (Phi) is 33.3. The average Bonchev–Trinajstić information content (AvgIpc) is 3.06. The lowest BCUT2D eigenvalue weighted by atomic mass is 10.1. The molecule has 0 saturated heterocycles. The van der Waals surface area contributed by atoms with E-state index >= 15 is 0 Å². The monoisotopic (exact) mass is 705 g/mol. The molecule has 3 unspecified atom stereocenters. The highest BCUT2D eigenvalue weighted by atomic mass is 31.2. The van der Waals surface area contributed by atoms with Gasteiger partial charge in [-0.05, 0) is 38.5 Å². The zero-order valence-electron chi connectivity index (χ0n) is 30.6. The molecule has 11 heteroatoms. The van der Waals surface area contributed by atoms with E-state index in [9.17, 15) is 19.0 Å². The fourth-order valence-electron chi connectivity index (χ4n) is 5.24. The second-order valence-electron chi connectivity index (χ2n) is 13.1. The van der Waals surface area contributed by atoms with Crippen molar-refractivity contribution in [2.45, 2.75) is 187 Å². The molecule has 10 nitrogen and oxygen atoms in total. The number of carboxylic acids is 1. The number of hydrogen-bond donors (Lipinski definition) is 3. The van der Waals surface area contributed by atoms with Gasteiger partial charge < -0.3 is 25.2 Å². The molecular weight excluding hydrogens is 633 g/mol. The first-order valence-electron chi connectivity index (χ1n) is 19.2. The first kappa shape index (κ1) is 46.7. The molecule has 0 aromatic carbocycles. The van der Waals surface area contributed by atoms with E-state index in [1.807, 2.05) is 0 Å². The summed E-state index contributed by atoms with van der Waals surface area (Å²) in [6.45, 7) is 3.85. The summed E-state index contributed by atoms with van der Waals surface area (Å²) in [5, 5.41) is 8.85. The van der Waals surface area contributed by atoms with Gasteiger partial charge in [0.25, 0.3) is 0 Å². The summed E-state index contributed by atoms with van der Waals surface area (Å²) in [6.07, 6.45) is 32.7. The van der Waals surface area contributed by atoms with Crippen molar-refractivity contribution < 1.29 is 42.7 Å². The molecule has 284 valence electrons. The molecule has 0 saturated carbocycles. The van der Waals surface area contributed by atoms with E-state index in [1.54, 1.807) is 0 Å². The van der Waals surface area contributed by atoms with Crippen LogP contribution in [0, 0.1) is 0 Å². The Hall–Kier alpha value is -1.29. The smallest absolute Gasteiger partial charge is 0.472 e. The number of nitrogens with two attached hydrogens (primary N) is 1. The fourth-order valence-corrected chi connectivity index (χ4v) is 6.02. The number of carboxylic acid groups (broad SMARTS) is 1. The van der Waals surface area contributed by atoms with Crippen molar-refractivity contribution >= 4 is 19.8 Å². The maximum absolute atomic E-state index is 12.5. The van der Waals surface area contributed by atoms with Gasteiger partial charge in [0.15, 0.2) is 0 Å². The van der Waals surface area contributed by atoms with Gasteiger partial charge in [-0.15, -0.1) is 0 Å². The maximum atomic E-state index is 12.5. The molecule has 0 aliphatic heterocycles. The molecule has 0 rings (SSSR count). The Morgan fingerprint density at radius 3 is 1.58 bits per heavy atom. The van der Waals surface area contributed by atoms with Crippen LogP contribution in [0.3, 0.4) is 0 Å². The number of rotatable bonds is 37. The van der Waals surface area contributed by atoms with Gasteiger partial charge in [-0.1, -0.05) is 142 Å². The largest absolute Gasteiger partial charge is 0.480 e. The van der Waals surface area contributed by atoms with E-state index in [0.717, 1.165) is 44.9 Å². The van der Waals surface area contributed by atoms with Crippen LogP contribution in [0.1, 0.15) is 174 Å². The van der Waals surface area contributed by atoms with Gasteiger partial charge in [0, 0.05) is 13.0 Å². The number of carbonyl (C=O) groups is 2. The first-order chi connectivity index (χ1) is 23.2. The molecule has 0 amide bonds. The fraction of sp³-hybridized carbons (Fsp3) is 0.892. The first-order valence-corrected chi connectivity index (χ1v) is 20.7. The lowest BCUT2D eigenvalue weighted by Gasteiger charge is -2.20. The van der Waals surface area contributed by atoms with Crippen molar-refractivity contribution in [1.29, 1.82) is 0 Å². The van der Waals surface area contributed by atoms with Crippen LogP contribution in [0.15, 0.2) is 12.2 Å². The minimum Gasteiger partial charge on any atom is -0.480 e. The predicted molar refractivity (Wildman–Crippen MR) is 194 cm³/mol. The van der Waals surface area contributed by atoms with Crippen molar-refractivity contribution in [3.8, 4) is 0 Å². The van der Waals surface area contributed by atoms with Crippen molar-refractivity contribution in [3.63, 3.8) is 0 Å². The lowest BCUT2D eigenvalue weighted by molar-refractivity contribution is -0.154. The third-order valence-corrected chi connectivity index (χ3v) is 9.25. The van der Waals surface area contributed by atoms with Crippen LogP contribution < -0.4 is 5.73 Å². The van der Waals surface area contributed by atoms with Gasteiger partial charge in [0.05, 0.1) is 19.8 Å². The Morgan fingerprint density at radius 1 is 0.646 bits per heavy atom. The molecular formula is C37H72NO9P. The molecule has 3 atom stereocenters. The molecule has 0 aliphatic carbocycles. The third kappa shape index (κ3) is 33.2. The van der Waals surface area contributed by atoms with Gasteiger partial charge in [-0.2, -0.15) is 0 Å². The van der Waals surface area contributed by atoms with Gasteiger partial charge in [0.2, 0.25) is 0 Å². The van der Waals surface area contributed by atoms with E-state index in [0.29, 0.717) is 13.0 Å². The molecule has 48 heavy (non-hydrogen) atoms. The zero-order valence-corrected chi connectivity index (χ0v) is 31.5.